The van der Waals surface area contributed by atoms with Gasteiger partial charge in [0, 0.05) is 0 Å². The van der Waals surface area contributed by atoms with Gasteiger partial charge in [0.2, 0.25) is 0 Å². The molecule has 0 aromatic rings. The molecule has 2 N–H and O–H groups in total. The van der Waals surface area contributed by atoms with Crippen molar-refractivity contribution in [2.75, 3.05) is 13.1 Å². The van der Waals surface area contributed by atoms with Gasteiger partial charge in [-0.2, -0.15) is 0 Å². The molecule has 0 aromatic carbocycles. The van der Waals surface area contributed by atoms with E-state index in [1.807, 2.05) is 0 Å². The van der Waals surface area contributed by atoms with Gasteiger partial charge in [0.05, 0.1) is 0 Å². The Labute approximate surface area is 230 Å². The maximum atomic E-state index is 4.31. The van der Waals surface area contributed by atoms with E-state index in [1.165, 1.54) is 91.5 Å². The minimum atomic E-state index is -3.73. The van der Waals surface area contributed by atoms with Gasteiger partial charge in [-0.25, -0.2) is 0 Å². The van der Waals surface area contributed by atoms with E-state index < -0.39 is 6.51 Å². The van der Waals surface area contributed by atoms with Crippen LogP contribution < -0.4 is 10.6 Å². The van der Waals surface area contributed by atoms with Crippen molar-refractivity contribution in [3.63, 3.8) is 0 Å². The number of fused-ring (bicyclic) bond motifs is 10. The summed E-state index contributed by atoms with van der Waals surface area (Å²) in [6.45, 7) is 6.97. The molecule has 16 aliphatic rings. The van der Waals surface area contributed by atoms with Crippen molar-refractivity contribution < 1.29 is 6.51 Å². The van der Waals surface area contributed by atoms with E-state index in [1.54, 1.807) is 38.5 Å². The van der Waals surface area contributed by atoms with E-state index in [-0.39, 0.29) is 0 Å². The second-order valence-corrected chi connectivity index (χ2v) is 48.7. The van der Waals surface area contributed by atoms with Crippen LogP contribution in [-0.2, 0) is 6.51 Å². The fourth-order valence-corrected chi connectivity index (χ4v) is 114. The van der Waals surface area contributed by atoms with Crippen LogP contribution >= 0.6 is 17.8 Å². The van der Waals surface area contributed by atoms with Crippen molar-refractivity contribution in [2.45, 2.75) is 160 Å². The van der Waals surface area contributed by atoms with Crippen LogP contribution in [0.3, 0.4) is 0 Å². The summed E-state index contributed by atoms with van der Waals surface area (Å²) in [5.41, 5.74) is 1.95. The Morgan fingerprint density at radius 2 is 1.28 bits per heavy atom. The van der Waals surface area contributed by atoms with Gasteiger partial charge in [-0.15, -0.1) is 0 Å². The third-order valence-electron chi connectivity index (χ3n) is 24.6. The first-order chi connectivity index (χ1) is 18.5. The summed E-state index contributed by atoms with van der Waals surface area (Å²) in [7, 11) is 5.23. The SMILES string of the molecule is CC(C)(C)PC(C12CC3CC(CC(C3)C1)C2)[C]12[CH]3[CH]4[CH]5[C]1(C(P)(C1CCCN1)C1CCCN1)[Fe]43521678[CH]2[CH]1[CH]6[CH]7[CH]28. The summed E-state index contributed by atoms with van der Waals surface area (Å²) in [5.74, 6) is 3.38. The molecule has 1 spiro atoms. The molecule has 10 unspecified atom stereocenters. The van der Waals surface area contributed by atoms with Crippen molar-refractivity contribution >= 4 is 17.8 Å². The molecule has 16 fully saturated rings. The molecule has 0 aromatic heterocycles. The molecule has 39 heavy (non-hydrogen) atoms. The van der Waals surface area contributed by atoms with E-state index in [2.05, 4.69) is 40.6 Å². The number of rotatable bonds is 6. The Morgan fingerprint density at radius 3 is 1.67 bits per heavy atom. The Hall–Kier alpha value is 1.30. The molecule has 0 radical (unpaired) electrons. The summed E-state index contributed by atoms with van der Waals surface area (Å²) in [6, 6.07) is 1.62. The Bertz CT molecular complexity index is 1640. The first-order valence-electron chi connectivity index (χ1n) is 17.7. The van der Waals surface area contributed by atoms with Gasteiger partial charge >= 0.3 is 231 Å². The van der Waals surface area contributed by atoms with Crippen LogP contribution in [0.5, 0.6) is 0 Å². The van der Waals surface area contributed by atoms with Crippen molar-refractivity contribution in [1.82, 2.24) is 10.6 Å². The molecule has 5 heteroatoms. The van der Waals surface area contributed by atoms with Crippen LogP contribution in [0.2, 0.25) is 47.2 Å². The average Bonchev–Trinajstić information content (AvgIpc) is 3.71. The monoisotopic (exact) mass is 606 g/mol. The van der Waals surface area contributed by atoms with Gasteiger partial charge in [0.15, 0.2) is 0 Å². The zero-order valence-corrected chi connectivity index (χ0v) is 27.8. The van der Waals surface area contributed by atoms with Crippen molar-refractivity contribution in [3.8, 4) is 0 Å². The Kier molecular flexibility index (Phi) is 1.76. The fourth-order valence-electron chi connectivity index (χ4n) is 27.4. The average molecular weight is 607 g/mol. The predicted octanol–water partition coefficient (Wildman–Crippen LogP) is 8.30. The minimum absolute atomic E-state index is 0.507. The van der Waals surface area contributed by atoms with E-state index in [9.17, 15) is 0 Å². The second-order valence-electron chi connectivity index (χ2n) is 22.1. The zero-order chi connectivity index (χ0) is 25.5. The van der Waals surface area contributed by atoms with Crippen LogP contribution in [0.15, 0.2) is 0 Å². The van der Waals surface area contributed by atoms with Crippen molar-refractivity contribution in [2.24, 2.45) is 23.2 Å². The topological polar surface area (TPSA) is 24.1 Å². The van der Waals surface area contributed by atoms with E-state index in [0.29, 0.717) is 10.3 Å². The maximum absolute atomic E-state index is 4.31. The Morgan fingerprint density at radius 1 is 0.769 bits per heavy atom. The molecule has 12 heterocycles. The van der Waals surface area contributed by atoms with Crippen LogP contribution in [-0.4, -0.2) is 41.1 Å². The van der Waals surface area contributed by atoms with Crippen LogP contribution in [0.4, 0.5) is 0 Å². The standard InChI is InChI=1S/C29H47N2P2.C5H5.Fe/c1-27(2,3)33-26(28-16-19-13-20(17-28)15-21(14-19)18-28)22-7-4-8-23(22)29(32,24-9-5-11-30-24)25-10-6-12-31-25;1-2-4-5-3-1;/h4,7-8,19-21,24-26,30-31,33H,5-6,9-18,32H2,1-3H3;1-5H;. The second kappa shape index (κ2) is 3.24. The van der Waals surface area contributed by atoms with E-state index in [0.717, 1.165) is 43.9 Å². The van der Waals surface area contributed by atoms with Gasteiger partial charge in [-0.3, -0.25) is 0 Å². The fraction of sp³-hybridized carbons (Fsp3) is 1.00. The molecule has 16 rings (SSSR count). The van der Waals surface area contributed by atoms with Gasteiger partial charge in [-0.05, 0) is 0 Å². The molecule has 2 nitrogen and oxygen atoms in total. The third kappa shape index (κ3) is 0.579. The summed E-state index contributed by atoms with van der Waals surface area (Å²) in [5, 5.41) is 9.65. The molecule has 12 saturated heterocycles. The molecular weight excluding hydrogens is 554 g/mol. The molecule has 4 aliphatic carbocycles. The Balaban J connectivity index is 1.05. The zero-order valence-electron chi connectivity index (χ0n) is 24.5. The summed E-state index contributed by atoms with van der Waals surface area (Å²) in [6.07, 6.45) is 15.9. The summed E-state index contributed by atoms with van der Waals surface area (Å²) in [4.78, 5) is 11.4. The summed E-state index contributed by atoms with van der Waals surface area (Å²) >= 11 is 0. The molecular formula is C34H52FeN2P2. The number of nitrogens with one attached hydrogen (secondary N) is 2. The third-order valence-corrected chi connectivity index (χ3v) is 71.9. The molecule has 4 saturated carbocycles. The van der Waals surface area contributed by atoms with E-state index in [4.69, 9.17) is 0 Å². The number of hydrogen-bond donors (Lipinski definition) is 2. The molecule has 0 amide bonds. The predicted molar refractivity (Wildman–Crippen MR) is 162 cm³/mol. The summed E-state index contributed by atoms with van der Waals surface area (Å²) < 4.78 is 1.87. The van der Waals surface area contributed by atoms with Gasteiger partial charge < -0.3 is 0 Å². The van der Waals surface area contributed by atoms with Gasteiger partial charge in [0.1, 0.15) is 0 Å². The first kappa shape index (κ1) is 21.1. The molecule has 12 aliphatic heterocycles. The molecule has 216 valence electrons. The quantitative estimate of drug-likeness (QED) is 0.235. The normalized spacial score (nSPS) is 85.9. The first-order valence-corrected chi connectivity index (χ1v) is 25.6. The van der Waals surface area contributed by atoms with Crippen molar-refractivity contribution in [3.05, 3.63) is 0 Å². The van der Waals surface area contributed by atoms with E-state index >= 15 is 0 Å². The van der Waals surface area contributed by atoms with Crippen molar-refractivity contribution in [1.29, 1.82) is 0 Å². The van der Waals surface area contributed by atoms with Gasteiger partial charge in [0.25, 0.3) is 0 Å². The molecule has 10 atom stereocenters. The number of hydrogen-bond acceptors (Lipinski definition) is 2. The molecule has 4 bridgehead atoms. The van der Waals surface area contributed by atoms with Gasteiger partial charge in [-0.1, -0.05) is 0 Å². The van der Waals surface area contributed by atoms with Crippen LogP contribution in [0.25, 0.3) is 0 Å². The van der Waals surface area contributed by atoms with Crippen LogP contribution in [0.1, 0.15) is 85.0 Å². The van der Waals surface area contributed by atoms with Crippen LogP contribution in [0, 0.1) is 23.2 Å².